The van der Waals surface area contributed by atoms with Crippen molar-refractivity contribution in [1.29, 1.82) is 0 Å². The predicted octanol–water partition coefficient (Wildman–Crippen LogP) is 3.18. The molecule has 0 heterocycles. The van der Waals surface area contributed by atoms with Crippen LogP contribution in [0.25, 0.3) is 0 Å². The van der Waals surface area contributed by atoms with Gasteiger partial charge in [0, 0.05) is 12.3 Å². The molecule has 0 aliphatic heterocycles. The number of aliphatic carboxylic acids is 1. The fourth-order valence-corrected chi connectivity index (χ4v) is 10.8. The number of nitrogens with one attached hydrogen (secondary N) is 2. The van der Waals surface area contributed by atoms with Gasteiger partial charge in [0.15, 0.2) is 0 Å². The second kappa shape index (κ2) is 17.1. The van der Waals surface area contributed by atoms with Gasteiger partial charge in [-0.05, 0) is 55.7 Å². The Morgan fingerprint density at radius 2 is 1.27 bits per heavy atom. The molecule has 0 spiro atoms. The minimum atomic E-state index is -1.83. The van der Waals surface area contributed by atoms with Crippen LogP contribution in [0, 0.1) is 0 Å². The van der Waals surface area contributed by atoms with E-state index in [4.69, 9.17) is 10.8 Å². The largest absolute Gasteiger partial charge is 0.480 e. The quantitative estimate of drug-likeness (QED) is 0.107. The molecule has 10 heteroatoms. The molecule has 1 atom stereocenters. The van der Waals surface area contributed by atoms with Gasteiger partial charge in [-0.1, -0.05) is 76.2 Å². The number of carboxylic acid groups (broad SMARTS) is 1. The number of nitrogens with two attached hydrogens (primary N) is 1. The minimum absolute atomic E-state index is 0.0545. The number of rotatable bonds is 17. The van der Waals surface area contributed by atoms with Crippen LogP contribution in [-0.4, -0.2) is 59.7 Å². The third-order valence-corrected chi connectivity index (χ3v) is 13.2. The summed E-state index contributed by atoms with van der Waals surface area (Å²) in [5.74, 6) is -1.14. The van der Waals surface area contributed by atoms with Gasteiger partial charge in [0.05, 0.1) is 18.0 Å². The Hall–Kier alpha value is -2.84. The average Bonchev–Trinajstić information content (AvgIpc) is 2.99. The van der Waals surface area contributed by atoms with Crippen LogP contribution in [0.4, 0.5) is 0 Å². The van der Waals surface area contributed by atoms with Crippen LogP contribution in [0.1, 0.15) is 19.3 Å². The minimum Gasteiger partial charge on any atom is -0.480 e. The molecule has 0 aromatic heterocycles. The lowest BCUT2D eigenvalue weighted by atomic mass is 10.2. The van der Waals surface area contributed by atoms with E-state index in [2.05, 4.69) is 102 Å². The highest BCUT2D eigenvalue weighted by Crippen LogP contribution is 2.55. The molecule has 0 radical (unpaired) electrons. The van der Waals surface area contributed by atoms with Crippen molar-refractivity contribution in [3.63, 3.8) is 0 Å². The van der Waals surface area contributed by atoms with E-state index in [0.29, 0.717) is 12.3 Å². The Kier molecular flexibility index (Phi) is 13.5. The third-order valence-electron chi connectivity index (χ3n) is 6.35. The first-order valence-corrected chi connectivity index (χ1v) is 17.7. The molecule has 0 aliphatic carbocycles. The lowest BCUT2D eigenvalue weighted by Gasteiger charge is -2.27. The first-order valence-electron chi connectivity index (χ1n) is 13.2. The van der Waals surface area contributed by atoms with Gasteiger partial charge in [-0.15, -0.1) is 0 Å². The van der Waals surface area contributed by atoms with Gasteiger partial charge >= 0.3 is 5.97 Å². The van der Waals surface area contributed by atoms with E-state index in [-0.39, 0.29) is 11.7 Å². The molecule has 40 heavy (non-hydrogen) atoms. The van der Waals surface area contributed by atoms with Crippen molar-refractivity contribution in [2.75, 3.05) is 30.8 Å². The van der Waals surface area contributed by atoms with Crippen molar-refractivity contribution in [2.24, 2.45) is 5.73 Å². The maximum atomic E-state index is 12.2. The molecule has 7 nitrogen and oxygen atoms in total. The van der Waals surface area contributed by atoms with Crippen molar-refractivity contribution >= 4 is 62.5 Å². The molecule has 0 aliphatic rings. The molecule has 3 aromatic rings. The summed E-state index contributed by atoms with van der Waals surface area (Å²) < 4.78 is 0. The number of carbonyl (C=O) groups excluding carboxylic acids is 2. The molecule has 2 amide bonds. The number of hydrogen-bond donors (Lipinski definition) is 4. The summed E-state index contributed by atoms with van der Waals surface area (Å²) in [5.41, 5.74) is 5.75. The van der Waals surface area contributed by atoms with E-state index in [1.54, 1.807) is 0 Å². The lowest BCUT2D eigenvalue weighted by Crippen LogP contribution is -2.43. The van der Waals surface area contributed by atoms with Gasteiger partial charge < -0.3 is 21.5 Å². The monoisotopic (exact) mass is 598 g/mol. The molecule has 0 saturated carbocycles. The molecular formula is C30H37N3O4PS2+. The standard InChI is InChI=1S/C30H36N3O4PS2/c31-27(30(37)33-21-29(35)36)22-39-40-23-28(34)32-19-11-4-12-20-38(24-13-5-1-6-14-24,25-15-7-2-8-16-25)26-17-9-3-10-18-26/h1-3,5-10,13-18,27H,4,11-12,19-23,31H2,(H2-,32,33,34,35,36,37)/p+1/t27-/m0/s1. The number of hydrogen-bond acceptors (Lipinski definition) is 6. The number of amides is 2. The van der Waals surface area contributed by atoms with Gasteiger partial charge in [-0.2, -0.15) is 0 Å². The van der Waals surface area contributed by atoms with Crippen molar-refractivity contribution < 1.29 is 19.5 Å². The Labute approximate surface area is 244 Å². The first-order chi connectivity index (χ1) is 19.4. The normalized spacial score (nSPS) is 11.9. The molecule has 3 aromatic carbocycles. The van der Waals surface area contributed by atoms with Crippen LogP contribution in [0.2, 0.25) is 0 Å². The van der Waals surface area contributed by atoms with E-state index in [1.807, 2.05) is 0 Å². The van der Waals surface area contributed by atoms with E-state index >= 15 is 0 Å². The SMILES string of the molecule is N[C@@H](CSSCC(=O)NCCCCC[P+](c1ccccc1)(c1ccccc1)c1ccccc1)C(=O)NCC(=O)O. The van der Waals surface area contributed by atoms with E-state index in [1.165, 1.54) is 37.5 Å². The highest BCUT2D eigenvalue weighted by molar-refractivity contribution is 8.76. The molecular weight excluding hydrogens is 561 g/mol. The van der Waals surface area contributed by atoms with E-state index in [0.717, 1.165) is 25.4 Å². The van der Waals surface area contributed by atoms with Crippen LogP contribution in [0.15, 0.2) is 91.0 Å². The number of carboxylic acids is 1. The van der Waals surface area contributed by atoms with Gasteiger partial charge in [0.25, 0.3) is 0 Å². The topological polar surface area (TPSA) is 122 Å². The Bertz CT molecular complexity index is 1110. The van der Waals surface area contributed by atoms with Crippen LogP contribution >= 0.6 is 28.9 Å². The van der Waals surface area contributed by atoms with Crippen molar-refractivity contribution in [1.82, 2.24) is 10.6 Å². The molecule has 3 rings (SSSR count). The summed E-state index contributed by atoms with van der Waals surface area (Å²) in [7, 11) is 0.826. The average molecular weight is 599 g/mol. The highest BCUT2D eigenvalue weighted by atomic mass is 33.1. The fraction of sp³-hybridized carbons (Fsp3) is 0.300. The van der Waals surface area contributed by atoms with Gasteiger partial charge in [-0.3, -0.25) is 14.4 Å². The number of benzene rings is 3. The van der Waals surface area contributed by atoms with E-state index in [9.17, 15) is 14.4 Å². The van der Waals surface area contributed by atoms with Crippen molar-refractivity contribution in [2.45, 2.75) is 25.3 Å². The fourth-order valence-electron chi connectivity index (χ4n) is 4.40. The van der Waals surface area contributed by atoms with Crippen molar-refractivity contribution in [3.05, 3.63) is 91.0 Å². The predicted molar refractivity (Wildman–Crippen MR) is 170 cm³/mol. The zero-order chi connectivity index (χ0) is 28.6. The Morgan fingerprint density at radius 3 is 1.77 bits per heavy atom. The van der Waals surface area contributed by atoms with Crippen LogP contribution < -0.4 is 32.3 Å². The molecule has 0 saturated heterocycles. The van der Waals surface area contributed by atoms with Gasteiger partial charge in [0.2, 0.25) is 11.8 Å². The maximum absolute atomic E-state index is 12.2. The Morgan fingerprint density at radius 1 is 0.750 bits per heavy atom. The second-order valence-electron chi connectivity index (χ2n) is 9.22. The third kappa shape index (κ3) is 9.66. The number of unbranched alkanes of at least 4 members (excludes halogenated alkanes) is 2. The molecule has 0 fully saturated rings. The zero-order valence-electron chi connectivity index (χ0n) is 22.4. The summed E-state index contributed by atoms with van der Waals surface area (Å²) in [6.45, 7) is 0.162. The zero-order valence-corrected chi connectivity index (χ0v) is 24.9. The summed E-state index contributed by atoms with van der Waals surface area (Å²) in [5, 5.41) is 18.0. The smallest absolute Gasteiger partial charge is 0.322 e. The molecule has 0 unspecified atom stereocenters. The molecule has 212 valence electrons. The van der Waals surface area contributed by atoms with E-state index < -0.39 is 31.7 Å². The summed E-state index contributed by atoms with van der Waals surface area (Å²) >= 11 is 0. The van der Waals surface area contributed by atoms with Gasteiger partial charge in [0.1, 0.15) is 29.7 Å². The summed E-state index contributed by atoms with van der Waals surface area (Å²) in [4.78, 5) is 34.5. The highest BCUT2D eigenvalue weighted by Gasteiger charge is 2.44. The molecule has 0 bridgehead atoms. The van der Waals surface area contributed by atoms with Crippen LogP contribution in [0.5, 0.6) is 0 Å². The molecule has 5 N–H and O–H groups in total. The Balaban J connectivity index is 1.46. The summed E-state index contributed by atoms with van der Waals surface area (Å²) in [6, 6.07) is 31.7. The number of carbonyl (C=O) groups is 3. The van der Waals surface area contributed by atoms with Crippen LogP contribution in [-0.2, 0) is 14.4 Å². The first kappa shape index (κ1) is 31.7. The maximum Gasteiger partial charge on any atom is 0.322 e. The lowest BCUT2D eigenvalue weighted by molar-refractivity contribution is -0.138. The van der Waals surface area contributed by atoms with Crippen molar-refractivity contribution in [3.8, 4) is 0 Å². The second-order valence-corrected chi connectivity index (χ2v) is 15.3. The van der Waals surface area contributed by atoms with Crippen LogP contribution in [0.3, 0.4) is 0 Å². The summed E-state index contributed by atoms with van der Waals surface area (Å²) in [6.07, 6.45) is 4.02. The van der Waals surface area contributed by atoms with Gasteiger partial charge in [-0.25, -0.2) is 0 Å².